The van der Waals surface area contributed by atoms with Crippen LogP contribution in [0.5, 0.6) is 23.0 Å². The van der Waals surface area contributed by atoms with Crippen LogP contribution in [0.3, 0.4) is 0 Å². The quantitative estimate of drug-likeness (QED) is 0.497. The van der Waals surface area contributed by atoms with Crippen LogP contribution in [0.1, 0.15) is 0 Å². The summed E-state index contributed by atoms with van der Waals surface area (Å²) in [5.74, 6) is -0.388. The van der Waals surface area contributed by atoms with Gasteiger partial charge in [0.25, 0.3) is 0 Å². The van der Waals surface area contributed by atoms with Crippen molar-refractivity contribution in [3.63, 3.8) is 0 Å². The molecular weight excluding hydrogens is 301 g/mol. The van der Waals surface area contributed by atoms with E-state index in [1.165, 1.54) is 18.2 Å². The molecule has 1 atom stereocenters. The number of phenols is 1. The minimum atomic E-state index is -3.82. The van der Waals surface area contributed by atoms with Gasteiger partial charge in [-0.15, -0.1) is 0 Å². The molecule has 104 valence electrons. The molecule has 3 aliphatic heterocycles. The van der Waals surface area contributed by atoms with Gasteiger partial charge in [-0.25, -0.2) is 4.98 Å². The van der Waals surface area contributed by atoms with E-state index in [4.69, 9.17) is 18.0 Å². The lowest BCUT2D eigenvalue weighted by molar-refractivity contribution is 0.304. The van der Waals surface area contributed by atoms with E-state index in [0.717, 1.165) is 0 Å². The topological polar surface area (TPSA) is 108 Å². The van der Waals surface area contributed by atoms with Gasteiger partial charge in [0.1, 0.15) is 5.69 Å². The standard InChI is InChI=1S/C12H4NO7P/c14-4-1-2-5-6(3-4)17-9-7(13-5)10-12-8(15)11(9)19-21(16,18-10)20-12/h1-3,15H. The predicted molar refractivity (Wildman–Crippen MR) is 68.1 cm³/mol. The fourth-order valence-electron chi connectivity index (χ4n) is 2.38. The summed E-state index contributed by atoms with van der Waals surface area (Å²) in [5.41, 5.74) is 0.417. The van der Waals surface area contributed by atoms with Crippen LogP contribution >= 0.6 is 7.82 Å². The Labute approximate surface area is 115 Å². The number of aromatic nitrogens is 1. The first-order chi connectivity index (χ1) is 10.0. The number of nitrogens with zero attached hydrogens (tertiary/aromatic N) is 1. The molecule has 3 bridgehead atoms. The number of benzene rings is 2. The summed E-state index contributed by atoms with van der Waals surface area (Å²) >= 11 is 0. The van der Waals surface area contributed by atoms with Crippen molar-refractivity contribution in [2.24, 2.45) is 0 Å². The molecule has 3 heterocycles. The highest BCUT2D eigenvalue weighted by Crippen LogP contribution is 2.71. The van der Waals surface area contributed by atoms with Crippen LogP contribution in [-0.4, -0.2) is 10.1 Å². The van der Waals surface area contributed by atoms with Crippen molar-refractivity contribution in [2.45, 2.75) is 0 Å². The molecule has 0 saturated carbocycles. The van der Waals surface area contributed by atoms with Gasteiger partial charge in [-0.3, -0.25) is 4.79 Å². The van der Waals surface area contributed by atoms with E-state index >= 15 is 0 Å². The molecule has 1 aromatic rings. The Morgan fingerprint density at radius 2 is 1.86 bits per heavy atom. The van der Waals surface area contributed by atoms with Gasteiger partial charge in [0.05, 0.1) is 0 Å². The Bertz CT molecular complexity index is 1040. The Balaban J connectivity index is 2.03. The van der Waals surface area contributed by atoms with Gasteiger partial charge in [0, 0.05) is 6.07 Å². The highest BCUT2D eigenvalue weighted by atomic mass is 31.2. The van der Waals surface area contributed by atoms with E-state index in [9.17, 15) is 14.5 Å². The maximum absolute atomic E-state index is 12.1. The zero-order chi connectivity index (χ0) is 14.4. The minimum absolute atomic E-state index is 0.00364. The molecule has 1 unspecified atom stereocenters. The van der Waals surface area contributed by atoms with Gasteiger partial charge in [0.15, 0.2) is 16.7 Å². The summed E-state index contributed by atoms with van der Waals surface area (Å²) in [5, 5.41) is 9.99. The van der Waals surface area contributed by atoms with E-state index in [1.54, 1.807) is 0 Å². The van der Waals surface area contributed by atoms with Crippen molar-refractivity contribution in [1.82, 2.24) is 4.98 Å². The molecule has 0 aromatic heterocycles. The third kappa shape index (κ3) is 1.23. The highest BCUT2D eigenvalue weighted by molar-refractivity contribution is 7.50. The number of aromatic hydroxyl groups is 1. The number of phosphoric acid groups is 1. The fourth-order valence-corrected chi connectivity index (χ4v) is 3.67. The third-order valence-corrected chi connectivity index (χ3v) is 4.48. The van der Waals surface area contributed by atoms with Crippen molar-refractivity contribution in [1.29, 1.82) is 0 Å². The minimum Gasteiger partial charge on any atom is -0.501 e. The summed E-state index contributed by atoms with van der Waals surface area (Å²) in [6.45, 7) is 0. The van der Waals surface area contributed by atoms with Crippen LogP contribution in [0.2, 0.25) is 0 Å². The van der Waals surface area contributed by atoms with E-state index in [1.807, 2.05) is 0 Å². The average Bonchev–Trinajstić information content (AvgIpc) is 2.69. The summed E-state index contributed by atoms with van der Waals surface area (Å²) in [4.78, 5) is 15.7. The van der Waals surface area contributed by atoms with E-state index in [2.05, 4.69) is 4.98 Å². The first-order valence-electron chi connectivity index (χ1n) is 5.86. The van der Waals surface area contributed by atoms with Crippen molar-refractivity contribution in [2.75, 3.05) is 0 Å². The molecule has 0 amide bonds. The molecule has 0 fully saturated rings. The maximum Gasteiger partial charge on any atom is 0.647 e. The molecule has 9 heteroatoms. The summed E-state index contributed by atoms with van der Waals surface area (Å²) < 4.78 is 32.8. The second-order valence-electron chi connectivity index (χ2n) is 4.58. The zero-order valence-corrected chi connectivity index (χ0v) is 10.9. The van der Waals surface area contributed by atoms with Gasteiger partial charge in [-0.05, 0) is 12.1 Å². The molecule has 0 saturated heterocycles. The van der Waals surface area contributed by atoms with Gasteiger partial charge in [0.2, 0.25) is 28.6 Å². The SMILES string of the molecule is O=c1ccc2nc3c4c5c(O)c(c3oc-2c1)OP(=O)(O5)O4. The van der Waals surface area contributed by atoms with Crippen LogP contribution in [-0.2, 0) is 4.57 Å². The number of phosphoric ester groups is 1. The smallest absolute Gasteiger partial charge is 0.501 e. The molecule has 1 N–H and O–H groups in total. The van der Waals surface area contributed by atoms with Crippen LogP contribution in [0.15, 0.2) is 27.4 Å². The summed E-state index contributed by atoms with van der Waals surface area (Å²) in [6.07, 6.45) is 0. The van der Waals surface area contributed by atoms with Gasteiger partial charge in [-0.2, -0.15) is 4.57 Å². The molecule has 0 spiro atoms. The van der Waals surface area contributed by atoms with Crippen molar-refractivity contribution in [3.8, 4) is 34.5 Å². The Kier molecular flexibility index (Phi) is 1.63. The molecular formula is C12H4NO7P. The molecule has 8 nitrogen and oxygen atoms in total. The van der Waals surface area contributed by atoms with Gasteiger partial charge >= 0.3 is 7.82 Å². The summed E-state index contributed by atoms with van der Waals surface area (Å²) in [6, 6.07) is 4.10. The number of phenolic OH excluding ortho intramolecular Hbond substituents is 1. The van der Waals surface area contributed by atoms with Crippen LogP contribution < -0.4 is 19.0 Å². The zero-order valence-electron chi connectivity index (χ0n) is 10.0. The monoisotopic (exact) mass is 305 g/mol. The van der Waals surface area contributed by atoms with Crippen LogP contribution in [0.4, 0.5) is 0 Å². The van der Waals surface area contributed by atoms with Crippen molar-refractivity contribution >= 4 is 18.9 Å². The lowest BCUT2D eigenvalue weighted by atomic mass is 10.2. The average molecular weight is 305 g/mol. The largest absolute Gasteiger partial charge is 0.647 e. The lowest BCUT2D eigenvalue weighted by Gasteiger charge is -2.15. The van der Waals surface area contributed by atoms with E-state index in [-0.39, 0.29) is 45.3 Å². The van der Waals surface area contributed by atoms with Gasteiger partial charge in [-0.1, -0.05) is 0 Å². The number of fused-ring (bicyclic) bond motifs is 6. The fraction of sp³-hybridized carbons (Fsp3) is 0. The molecule has 1 aromatic carbocycles. The third-order valence-electron chi connectivity index (χ3n) is 3.26. The second-order valence-corrected chi connectivity index (χ2v) is 6.02. The van der Waals surface area contributed by atoms with E-state index < -0.39 is 7.82 Å². The predicted octanol–water partition coefficient (Wildman–Crippen LogP) is 2.27. The number of hydrogen-bond donors (Lipinski definition) is 1. The Morgan fingerprint density at radius 3 is 2.71 bits per heavy atom. The van der Waals surface area contributed by atoms with Crippen molar-refractivity contribution in [3.05, 3.63) is 28.4 Å². The molecule has 0 radical (unpaired) electrons. The molecule has 21 heavy (non-hydrogen) atoms. The molecule has 4 aliphatic rings. The second kappa shape index (κ2) is 3.12. The highest BCUT2D eigenvalue weighted by Gasteiger charge is 2.52. The molecule has 1 aliphatic carbocycles. The summed E-state index contributed by atoms with van der Waals surface area (Å²) in [7, 11) is -3.82. The first kappa shape index (κ1) is 11.0. The first-order valence-corrected chi connectivity index (χ1v) is 7.32. The molecule has 5 rings (SSSR count). The number of hydrogen-bond acceptors (Lipinski definition) is 8. The van der Waals surface area contributed by atoms with Crippen LogP contribution in [0.25, 0.3) is 22.6 Å². The van der Waals surface area contributed by atoms with E-state index in [0.29, 0.717) is 5.69 Å². The van der Waals surface area contributed by atoms with Crippen molar-refractivity contribution < 1.29 is 27.7 Å². The Morgan fingerprint density at radius 1 is 1.10 bits per heavy atom. The normalized spacial score (nSPS) is 21.3. The van der Waals surface area contributed by atoms with Gasteiger partial charge < -0.3 is 23.1 Å². The Hall–Kier alpha value is -2.73. The maximum atomic E-state index is 12.1. The number of rotatable bonds is 0. The lowest BCUT2D eigenvalue weighted by Crippen LogP contribution is -2.03. The van der Waals surface area contributed by atoms with Crippen LogP contribution in [0, 0.1) is 0 Å².